The fourth-order valence-corrected chi connectivity index (χ4v) is 0.725. The number of pyridine rings is 1. The van der Waals surface area contributed by atoms with Crippen LogP contribution in [0.2, 0.25) is 0 Å². The van der Waals surface area contributed by atoms with Crippen LogP contribution in [0.15, 0.2) is 18.3 Å². The van der Waals surface area contributed by atoms with Gasteiger partial charge in [0.25, 0.3) is 0 Å². The summed E-state index contributed by atoms with van der Waals surface area (Å²) in [5, 5.41) is 0. The summed E-state index contributed by atoms with van der Waals surface area (Å²) in [6.07, 6.45) is 1.42. The Morgan fingerprint density at radius 2 is 2.08 bits per heavy atom. The first-order valence-electron chi connectivity index (χ1n) is 4.12. The SMILES string of the molecule is CC(C)(C)C#Cc1cc(F)ccn1. The van der Waals surface area contributed by atoms with E-state index in [0.29, 0.717) is 5.69 Å². The number of rotatable bonds is 0. The molecule has 68 valence electrons. The van der Waals surface area contributed by atoms with Crippen LogP contribution in [0.5, 0.6) is 0 Å². The lowest BCUT2D eigenvalue weighted by molar-refractivity contribution is 0.570. The van der Waals surface area contributed by atoms with E-state index in [1.54, 1.807) is 0 Å². The Bertz CT molecular complexity index is 352. The van der Waals surface area contributed by atoms with Crippen molar-refractivity contribution in [2.45, 2.75) is 20.8 Å². The molecule has 1 aromatic heterocycles. The van der Waals surface area contributed by atoms with Crippen LogP contribution in [0.4, 0.5) is 4.39 Å². The molecule has 0 bridgehead atoms. The van der Waals surface area contributed by atoms with Crippen molar-refractivity contribution < 1.29 is 4.39 Å². The summed E-state index contributed by atoms with van der Waals surface area (Å²) in [7, 11) is 0. The number of aromatic nitrogens is 1. The van der Waals surface area contributed by atoms with Gasteiger partial charge < -0.3 is 0 Å². The highest BCUT2D eigenvalue weighted by Gasteiger charge is 2.03. The number of halogens is 1. The van der Waals surface area contributed by atoms with E-state index in [4.69, 9.17) is 0 Å². The van der Waals surface area contributed by atoms with Crippen molar-refractivity contribution in [3.05, 3.63) is 29.8 Å². The second kappa shape index (κ2) is 3.57. The Hall–Kier alpha value is -1.36. The Kier molecular flexibility index (Phi) is 2.67. The molecule has 2 heteroatoms. The minimum Gasteiger partial charge on any atom is -0.248 e. The number of hydrogen-bond acceptors (Lipinski definition) is 1. The zero-order valence-corrected chi connectivity index (χ0v) is 8.06. The van der Waals surface area contributed by atoms with Crippen LogP contribution >= 0.6 is 0 Å². The van der Waals surface area contributed by atoms with Gasteiger partial charge in [-0.1, -0.05) is 5.92 Å². The van der Waals surface area contributed by atoms with E-state index in [-0.39, 0.29) is 11.2 Å². The molecular weight excluding hydrogens is 165 g/mol. The Labute approximate surface area is 78.0 Å². The molecule has 0 saturated carbocycles. The van der Waals surface area contributed by atoms with Gasteiger partial charge in [-0.05, 0) is 32.8 Å². The Balaban J connectivity index is 2.90. The van der Waals surface area contributed by atoms with E-state index < -0.39 is 0 Å². The van der Waals surface area contributed by atoms with Crippen LogP contribution in [-0.2, 0) is 0 Å². The van der Waals surface area contributed by atoms with Crippen molar-refractivity contribution in [1.29, 1.82) is 0 Å². The van der Waals surface area contributed by atoms with Crippen LogP contribution in [0.1, 0.15) is 26.5 Å². The highest BCUT2D eigenvalue weighted by Crippen LogP contribution is 2.10. The maximum atomic E-state index is 12.7. The average molecular weight is 177 g/mol. The molecule has 1 nitrogen and oxygen atoms in total. The maximum Gasteiger partial charge on any atom is 0.127 e. The first-order valence-corrected chi connectivity index (χ1v) is 4.12. The minimum atomic E-state index is -0.298. The van der Waals surface area contributed by atoms with E-state index in [2.05, 4.69) is 16.8 Å². The summed E-state index contributed by atoms with van der Waals surface area (Å²) in [5.41, 5.74) is 0.406. The lowest BCUT2D eigenvalue weighted by atomic mass is 9.98. The molecule has 0 aliphatic heterocycles. The van der Waals surface area contributed by atoms with Gasteiger partial charge in [-0.3, -0.25) is 0 Å². The largest absolute Gasteiger partial charge is 0.248 e. The van der Waals surface area contributed by atoms with Gasteiger partial charge in [0.15, 0.2) is 0 Å². The van der Waals surface area contributed by atoms with Crippen LogP contribution in [0.3, 0.4) is 0 Å². The van der Waals surface area contributed by atoms with Crippen molar-refractivity contribution in [2.24, 2.45) is 5.41 Å². The van der Waals surface area contributed by atoms with Crippen molar-refractivity contribution in [3.63, 3.8) is 0 Å². The molecule has 0 aliphatic rings. The molecule has 0 fully saturated rings. The van der Waals surface area contributed by atoms with Crippen LogP contribution in [0, 0.1) is 23.1 Å². The van der Waals surface area contributed by atoms with Gasteiger partial charge in [-0.25, -0.2) is 9.37 Å². The predicted molar refractivity (Wildman–Crippen MR) is 50.5 cm³/mol. The van der Waals surface area contributed by atoms with Gasteiger partial charge in [0, 0.05) is 17.7 Å². The van der Waals surface area contributed by atoms with Gasteiger partial charge in [0.1, 0.15) is 11.5 Å². The normalized spacial score (nSPS) is 10.5. The smallest absolute Gasteiger partial charge is 0.127 e. The molecule has 0 atom stereocenters. The third-order valence-corrected chi connectivity index (χ3v) is 1.29. The van der Waals surface area contributed by atoms with Gasteiger partial charge in [0.2, 0.25) is 0 Å². The Morgan fingerprint density at radius 1 is 1.38 bits per heavy atom. The molecule has 1 heterocycles. The fraction of sp³-hybridized carbons (Fsp3) is 0.364. The summed E-state index contributed by atoms with van der Waals surface area (Å²) in [5.74, 6) is 5.51. The van der Waals surface area contributed by atoms with Crippen LogP contribution in [-0.4, -0.2) is 4.98 Å². The second-order valence-electron chi connectivity index (χ2n) is 3.86. The summed E-state index contributed by atoms with van der Waals surface area (Å²) in [6, 6.07) is 2.64. The second-order valence-corrected chi connectivity index (χ2v) is 3.86. The molecular formula is C11H12FN. The molecule has 0 aromatic carbocycles. The van der Waals surface area contributed by atoms with Crippen molar-refractivity contribution in [2.75, 3.05) is 0 Å². The standard InChI is InChI=1S/C11H12FN/c1-11(2,3)6-4-10-8-9(12)5-7-13-10/h5,7-8H,1-3H3. The topological polar surface area (TPSA) is 12.9 Å². The minimum absolute atomic E-state index is 0.0754. The van der Waals surface area contributed by atoms with Gasteiger partial charge in [-0.15, -0.1) is 0 Å². The zero-order valence-electron chi connectivity index (χ0n) is 8.06. The van der Waals surface area contributed by atoms with E-state index in [1.807, 2.05) is 20.8 Å². The van der Waals surface area contributed by atoms with Gasteiger partial charge >= 0.3 is 0 Å². The molecule has 1 rings (SSSR count). The molecule has 0 unspecified atom stereocenters. The van der Waals surface area contributed by atoms with E-state index >= 15 is 0 Å². The zero-order chi connectivity index (χ0) is 9.90. The monoisotopic (exact) mass is 177 g/mol. The molecule has 0 N–H and O–H groups in total. The summed E-state index contributed by atoms with van der Waals surface area (Å²) >= 11 is 0. The summed E-state index contributed by atoms with van der Waals surface area (Å²) < 4.78 is 12.7. The molecule has 0 saturated heterocycles. The first-order chi connectivity index (χ1) is 5.97. The van der Waals surface area contributed by atoms with Gasteiger partial charge in [0.05, 0.1) is 0 Å². The van der Waals surface area contributed by atoms with E-state index in [1.165, 1.54) is 18.3 Å². The van der Waals surface area contributed by atoms with Gasteiger partial charge in [-0.2, -0.15) is 0 Å². The third-order valence-electron chi connectivity index (χ3n) is 1.29. The third kappa shape index (κ3) is 3.71. The summed E-state index contributed by atoms with van der Waals surface area (Å²) in [4.78, 5) is 3.93. The molecule has 13 heavy (non-hydrogen) atoms. The number of nitrogens with zero attached hydrogens (tertiary/aromatic N) is 1. The van der Waals surface area contributed by atoms with Crippen molar-refractivity contribution >= 4 is 0 Å². The lowest BCUT2D eigenvalue weighted by Crippen LogP contribution is -1.99. The first kappa shape index (κ1) is 9.73. The van der Waals surface area contributed by atoms with Crippen LogP contribution in [0.25, 0.3) is 0 Å². The molecule has 0 aliphatic carbocycles. The summed E-state index contributed by atoms with van der Waals surface area (Å²) in [6.45, 7) is 6.00. The average Bonchev–Trinajstić information content (AvgIpc) is 2.00. The fourth-order valence-electron chi connectivity index (χ4n) is 0.725. The lowest BCUT2D eigenvalue weighted by Gasteiger charge is -2.06. The maximum absolute atomic E-state index is 12.7. The molecule has 0 radical (unpaired) electrons. The van der Waals surface area contributed by atoms with Crippen molar-refractivity contribution in [3.8, 4) is 11.8 Å². The molecule has 1 aromatic rings. The Morgan fingerprint density at radius 3 is 2.62 bits per heavy atom. The molecule has 0 amide bonds. The van der Waals surface area contributed by atoms with E-state index in [0.717, 1.165) is 0 Å². The van der Waals surface area contributed by atoms with Crippen LogP contribution < -0.4 is 0 Å². The number of hydrogen-bond donors (Lipinski definition) is 0. The van der Waals surface area contributed by atoms with E-state index in [9.17, 15) is 4.39 Å². The quantitative estimate of drug-likeness (QED) is 0.555. The highest BCUT2D eigenvalue weighted by atomic mass is 19.1. The van der Waals surface area contributed by atoms with Crippen molar-refractivity contribution in [1.82, 2.24) is 4.98 Å². The molecule has 0 spiro atoms. The predicted octanol–water partition coefficient (Wildman–Crippen LogP) is 2.62. The highest BCUT2D eigenvalue weighted by molar-refractivity contribution is 5.28.